The van der Waals surface area contributed by atoms with E-state index in [4.69, 9.17) is 23.2 Å². The molecule has 1 aromatic carbocycles. The largest absolute Gasteiger partial charge is 0.274 e. The minimum absolute atomic E-state index is 0.0451. The summed E-state index contributed by atoms with van der Waals surface area (Å²) in [6.45, 7) is 0. The van der Waals surface area contributed by atoms with Crippen molar-refractivity contribution in [3.63, 3.8) is 0 Å². The van der Waals surface area contributed by atoms with Crippen molar-refractivity contribution in [2.45, 2.75) is 4.21 Å². The fourth-order valence-corrected chi connectivity index (χ4v) is 5.62. The summed E-state index contributed by atoms with van der Waals surface area (Å²) in [6, 6.07) is 8.66. The van der Waals surface area contributed by atoms with Gasteiger partial charge in [-0.3, -0.25) is 4.72 Å². The average molecular weight is 392 g/mol. The van der Waals surface area contributed by atoms with Gasteiger partial charge in [0.05, 0.1) is 10.0 Å². The Morgan fingerprint density at radius 1 is 1.05 bits per heavy atom. The summed E-state index contributed by atoms with van der Waals surface area (Å²) in [6.07, 6.45) is 0. The minimum atomic E-state index is -3.77. The van der Waals surface area contributed by atoms with E-state index in [1.807, 2.05) is 6.07 Å². The van der Waals surface area contributed by atoms with Crippen molar-refractivity contribution in [3.05, 3.63) is 45.8 Å². The predicted octanol–water partition coefficient (Wildman–Crippen LogP) is 4.37. The first-order valence-electron chi connectivity index (χ1n) is 5.81. The Labute approximate surface area is 144 Å². The summed E-state index contributed by atoms with van der Waals surface area (Å²) in [5.74, 6) is 0. The van der Waals surface area contributed by atoms with E-state index in [-0.39, 0.29) is 14.4 Å². The fraction of sp³-hybridized carbons (Fsp3) is 0. The highest BCUT2D eigenvalue weighted by Gasteiger charge is 2.21. The monoisotopic (exact) mass is 391 g/mol. The molecule has 0 fully saturated rings. The lowest BCUT2D eigenvalue weighted by atomic mass is 10.2. The number of halogens is 2. The highest BCUT2D eigenvalue weighted by molar-refractivity contribution is 7.95. The molecule has 0 bridgehead atoms. The van der Waals surface area contributed by atoms with Crippen molar-refractivity contribution in [2.24, 2.45) is 0 Å². The van der Waals surface area contributed by atoms with E-state index in [1.54, 1.807) is 23.6 Å². The molecule has 0 amide bonds. The van der Waals surface area contributed by atoms with Crippen LogP contribution >= 0.6 is 45.9 Å². The molecule has 0 aliphatic rings. The van der Waals surface area contributed by atoms with Crippen LogP contribution in [0.1, 0.15) is 0 Å². The zero-order chi connectivity index (χ0) is 15.7. The van der Waals surface area contributed by atoms with Crippen molar-refractivity contribution in [1.29, 1.82) is 0 Å². The molecular formula is C12H7Cl2N3O2S3. The lowest BCUT2D eigenvalue weighted by Gasteiger charge is -2.02. The van der Waals surface area contributed by atoms with Gasteiger partial charge in [0.2, 0.25) is 5.13 Å². The number of aromatic nitrogens is 2. The molecule has 2 heterocycles. The Hall–Kier alpha value is -1.19. The Bertz CT molecular complexity index is 921. The first-order valence-corrected chi connectivity index (χ1v) is 9.75. The predicted molar refractivity (Wildman–Crippen MR) is 90.5 cm³/mol. The number of anilines is 1. The first-order chi connectivity index (χ1) is 10.5. The maximum Gasteiger partial charge on any atom is 0.274 e. The summed E-state index contributed by atoms with van der Waals surface area (Å²) in [5, 5.41) is 10.8. The zero-order valence-electron chi connectivity index (χ0n) is 10.7. The molecule has 0 saturated heterocycles. The molecule has 0 aliphatic carbocycles. The number of sulfonamides is 1. The van der Waals surface area contributed by atoms with Crippen LogP contribution in [0.25, 0.3) is 10.6 Å². The third-order valence-corrected chi connectivity index (χ3v) is 7.27. The zero-order valence-corrected chi connectivity index (χ0v) is 14.6. The third-order valence-electron chi connectivity index (χ3n) is 2.58. The third kappa shape index (κ3) is 3.11. The molecule has 2 aromatic heterocycles. The van der Waals surface area contributed by atoms with Crippen LogP contribution in [0.4, 0.5) is 5.13 Å². The second kappa shape index (κ2) is 6.13. The van der Waals surface area contributed by atoms with Crippen LogP contribution in [-0.2, 0) is 10.0 Å². The van der Waals surface area contributed by atoms with Gasteiger partial charge in [0, 0.05) is 5.56 Å². The molecular weight excluding hydrogens is 385 g/mol. The van der Waals surface area contributed by atoms with Crippen molar-refractivity contribution < 1.29 is 8.42 Å². The van der Waals surface area contributed by atoms with Gasteiger partial charge in [-0.1, -0.05) is 52.7 Å². The van der Waals surface area contributed by atoms with E-state index < -0.39 is 10.0 Å². The minimum Gasteiger partial charge on any atom is -0.252 e. The van der Waals surface area contributed by atoms with Crippen LogP contribution in [0.15, 0.2) is 39.9 Å². The first kappa shape index (κ1) is 15.7. The number of nitrogens with one attached hydrogen (secondary N) is 1. The molecule has 0 atom stereocenters. The van der Waals surface area contributed by atoms with Gasteiger partial charge in [-0.05, 0) is 17.5 Å². The van der Waals surface area contributed by atoms with E-state index in [1.165, 1.54) is 6.07 Å². The van der Waals surface area contributed by atoms with Crippen molar-refractivity contribution in [1.82, 2.24) is 10.2 Å². The number of benzene rings is 1. The molecule has 10 heteroatoms. The normalized spacial score (nSPS) is 11.5. The standard InChI is InChI=1S/C12H7Cl2N3O2S3/c13-8-4-2-1-3-7(8)10-15-16-12(21-10)17-22(18,19)11-9(14)5-6-20-11/h1-6H,(H,16,17). The van der Waals surface area contributed by atoms with Crippen molar-refractivity contribution in [3.8, 4) is 10.6 Å². The van der Waals surface area contributed by atoms with E-state index in [0.717, 1.165) is 22.7 Å². The van der Waals surface area contributed by atoms with Gasteiger partial charge in [0.25, 0.3) is 10.0 Å². The van der Waals surface area contributed by atoms with E-state index in [0.29, 0.717) is 15.6 Å². The van der Waals surface area contributed by atoms with Crippen LogP contribution in [-0.4, -0.2) is 18.6 Å². The lowest BCUT2D eigenvalue weighted by molar-refractivity contribution is 0.603. The van der Waals surface area contributed by atoms with Gasteiger partial charge < -0.3 is 0 Å². The fourth-order valence-electron chi connectivity index (χ4n) is 1.64. The molecule has 0 radical (unpaired) electrons. The van der Waals surface area contributed by atoms with Gasteiger partial charge in [0.1, 0.15) is 0 Å². The smallest absolute Gasteiger partial charge is 0.252 e. The van der Waals surface area contributed by atoms with E-state index >= 15 is 0 Å². The van der Waals surface area contributed by atoms with Gasteiger partial charge in [-0.2, -0.15) is 0 Å². The van der Waals surface area contributed by atoms with Crippen molar-refractivity contribution >= 4 is 61.0 Å². The van der Waals surface area contributed by atoms with Gasteiger partial charge >= 0.3 is 0 Å². The van der Waals surface area contributed by atoms with Gasteiger partial charge in [-0.15, -0.1) is 21.5 Å². The Morgan fingerprint density at radius 2 is 1.82 bits per heavy atom. The molecule has 0 unspecified atom stereocenters. The van der Waals surface area contributed by atoms with Gasteiger partial charge in [-0.25, -0.2) is 8.42 Å². The summed E-state index contributed by atoms with van der Waals surface area (Å²) < 4.78 is 26.9. The number of hydrogen-bond acceptors (Lipinski definition) is 6. The van der Waals surface area contributed by atoms with E-state index in [9.17, 15) is 8.42 Å². The molecule has 114 valence electrons. The average Bonchev–Trinajstić information content (AvgIpc) is 3.08. The van der Waals surface area contributed by atoms with Gasteiger partial charge in [0.15, 0.2) is 9.22 Å². The van der Waals surface area contributed by atoms with Crippen LogP contribution in [0.5, 0.6) is 0 Å². The highest BCUT2D eigenvalue weighted by atomic mass is 35.5. The summed E-state index contributed by atoms with van der Waals surface area (Å²) in [7, 11) is -3.77. The highest BCUT2D eigenvalue weighted by Crippen LogP contribution is 2.34. The number of nitrogens with zero attached hydrogens (tertiary/aromatic N) is 2. The second-order valence-corrected chi connectivity index (χ2v) is 8.64. The number of rotatable bonds is 4. The Morgan fingerprint density at radius 3 is 2.50 bits per heavy atom. The summed E-state index contributed by atoms with van der Waals surface area (Å²) in [5.41, 5.74) is 0.696. The quantitative estimate of drug-likeness (QED) is 0.716. The summed E-state index contributed by atoms with van der Waals surface area (Å²) >= 11 is 14.1. The molecule has 3 rings (SSSR count). The van der Waals surface area contributed by atoms with E-state index in [2.05, 4.69) is 14.9 Å². The van der Waals surface area contributed by atoms with Crippen LogP contribution in [0.2, 0.25) is 10.0 Å². The second-order valence-electron chi connectivity index (χ2n) is 4.05. The Balaban J connectivity index is 1.90. The Kier molecular flexibility index (Phi) is 4.37. The number of hydrogen-bond donors (Lipinski definition) is 1. The molecule has 3 aromatic rings. The topological polar surface area (TPSA) is 72.0 Å². The number of thiophene rings is 1. The molecule has 1 N–H and O–H groups in total. The van der Waals surface area contributed by atoms with Crippen LogP contribution < -0.4 is 4.72 Å². The van der Waals surface area contributed by atoms with Crippen LogP contribution in [0, 0.1) is 0 Å². The molecule has 0 aliphatic heterocycles. The maximum atomic E-state index is 12.2. The maximum absolute atomic E-state index is 12.2. The van der Waals surface area contributed by atoms with Crippen molar-refractivity contribution in [2.75, 3.05) is 4.72 Å². The SMILES string of the molecule is O=S(=O)(Nc1nnc(-c2ccccc2Cl)s1)c1sccc1Cl. The molecule has 0 spiro atoms. The lowest BCUT2D eigenvalue weighted by Crippen LogP contribution is -2.11. The molecule has 22 heavy (non-hydrogen) atoms. The van der Waals surface area contributed by atoms with Crippen LogP contribution in [0.3, 0.4) is 0 Å². The molecule has 5 nitrogen and oxygen atoms in total. The summed E-state index contributed by atoms with van der Waals surface area (Å²) in [4.78, 5) is 0. The molecule has 0 saturated carbocycles.